The number of benzene rings is 1. The monoisotopic (exact) mass is 390 g/mol. The second-order valence-corrected chi connectivity index (χ2v) is 5.85. The van der Waals surface area contributed by atoms with Gasteiger partial charge in [-0.15, -0.1) is 0 Å². The van der Waals surface area contributed by atoms with Crippen molar-refractivity contribution in [3.63, 3.8) is 0 Å². The van der Waals surface area contributed by atoms with Gasteiger partial charge in [-0.05, 0) is 30.3 Å². The molecule has 10 heteroatoms. The molecule has 2 aromatic heterocycles. The van der Waals surface area contributed by atoms with Gasteiger partial charge in [-0.25, -0.2) is 9.78 Å². The van der Waals surface area contributed by atoms with E-state index in [-0.39, 0.29) is 12.2 Å². The Hall–Kier alpha value is -3.56. The van der Waals surface area contributed by atoms with Crippen molar-refractivity contribution in [3.05, 3.63) is 66.0 Å². The Morgan fingerprint density at radius 3 is 2.46 bits per heavy atom. The lowest BCUT2D eigenvalue weighted by Gasteiger charge is -2.09. The van der Waals surface area contributed by atoms with Gasteiger partial charge in [-0.3, -0.25) is 10.00 Å². The zero-order valence-electron chi connectivity index (χ0n) is 14.8. The average molecular weight is 390 g/mol. The third-order valence-corrected chi connectivity index (χ3v) is 3.73. The molecule has 0 saturated carbocycles. The molecule has 0 bridgehead atoms. The minimum Gasteiger partial charge on any atom is -0.340 e. The molecule has 0 unspecified atom stereocenters. The summed E-state index contributed by atoms with van der Waals surface area (Å²) < 4.78 is 39.1. The van der Waals surface area contributed by atoms with Crippen molar-refractivity contribution in [1.29, 1.82) is 0 Å². The van der Waals surface area contributed by atoms with Crippen LogP contribution in [-0.2, 0) is 19.8 Å². The lowest BCUT2D eigenvalue weighted by Crippen LogP contribution is -2.29. The van der Waals surface area contributed by atoms with Crippen LogP contribution in [0.5, 0.6) is 0 Å². The molecule has 28 heavy (non-hydrogen) atoms. The van der Waals surface area contributed by atoms with Crippen LogP contribution < -0.4 is 16.0 Å². The van der Waals surface area contributed by atoms with Crippen LogP contribution >= 0.6 is 0 Å². The average Bonchev–Trinajstić information content (AvgIpc) is 3.02. The molecule has 1 aromatic carbocycles. The smallest absolute Gasteiger partial charge is 0.340 e. The largest absolute Gasteiger partial charge is 0.435 e. The first kappa shape index (κ1) is 19.2. The number of rotatable bonds is 5. The maximum absolute atomic E-state index is 12.7. The van der Waals surface area contributed by atoms with Crippen LogP contribution in [0, 0.1) is 0 Å². The maximum atomic E-state index is 12.7. The highest BCUT2D eigenvalue weighted by atomic mass is 19.4. The minimum atomic E-state index is -4.53. The second kappa shape index (κ2) is 7.99. The normalized spacial score (nSPS) is 11.1. The van der Waals surface area contributed by atoms with Gasteiger partial charge in [0.25, 0.3) is 0 Å². The number of amides is 2. The van der Waals surface area contributed by atoms with E-state index in [1.165, 1.54) is 7.05 Å². The highest BCUT2D eigenvalue weighted by molar-refractivity contribution is 5.88. The number of hydrogen-bond donors (Lipinski definition) is 3. The SMILES string of the molecule is Cn1nc(C(F)(F)F)cc1CNC(=O)Nc1cccc(Nc2ccccc2)n1. The third kappa shape index (κ3) is 5.00. The van der Waals surface area contributed by atoms with Crippen LogP contribution in [0.25, 0.3) is 0 Å². The molecule has 7 nitrogen and oxygen atoms in total. The van der Waals surface area contributed by atoms with Crippen LogP contribution in [0.2, 0.25) is 0 Å². The molecule has 3 N–H and O–H groups in total. The van der Waals surface area contributed by atoms with Crippen LogP contribution in [0.3, 0.4) is 0 Å². The van der Waals surface area contributed by atoms with Crippen molar-refractivity contribution >= 4 is 23.4 Å². The fraction of sp³-hybridized carbons (Fsp3) is 0.167. The van der Waals surface area contributed by atoms with Gasteiger partial charge in [-0.2, -0.15) is 18.3 Å². The van der Waals surface area contributed by atoms with Gasteiger partial charge < -0.3 is 10.6 Å². The number of halogens is 3. The van der Waals surface area contributed by atoms with Crippen LogP contribution in [0.15, 0.2) is 54.6 Å². The van der Waals surface area contributed by atoms with E-state index in [2.05, 4.69) is 26.0 Å². The summed E-state index contributed by atoms with van der Waals surface area (Å²) in [5.41, 5.74) is 0.0526. The molecule has 2 heterocycles. The van der Waals surface area contributed by atoms with E-state index in [0.717, 1.165) is 16.4 Å². The van der Waals surface area contributed by atoms with Gasteiger partial charge in [-0.1, -0.05) is 24.3 Å². The number of aryl methyl sites for hydroxylation is 1. The lowest BCUT2D eigenvalue weighted by atomic mass is 10.3. The van der Waals surface area contributed by atoms with Gasteiger partial charge >= 0.3 is 12.2 Å². The number of carbonyl (C=O) groups excluding carboxylic acids is 1. The molecule has 0 aliphatic rings. The number of aromatic nitrogens is 3. The van der Waals surface area contributed by atoms with E-state index in [1.54, 1.807) is 18.2 Å². The molecule has 0 atom stereocenters. The van der Waals surface area contributed by atoms with E-state index in [9.17, 15) is 18.0 Å². The van der Waals surface area contributed by atoms with E-state index in [4.69, 9.17) is 0 Å². The predicted molar refractivity (Wildman–Crippen MR) is 98.0 cm³/mol. The van der Waals surface area contributed by atoms with Crippen LogP contribution in [0.4, 0.5) is 35.3 Å². The van der Waals surface area contributed by atoms with E-state index < -0.39 is 17.9 Å². The number of nitrogens with zero attached hydrogens (tertiary/aromatic N) is 3. The zero-order valence-corrected chi connectivity index (χ0v) is 14.8. The van der Waals surface area contributed by atoms with Gasteiger partial charge in [0.2, 0.25) is 0 Å². The van der Waals surface area contributed by atoms with E-state index >= 15 is 0 Å². The Morgan fingerprint density at radius 2 is 1.79 bits per heavy atom. The van der Waals surface area contributed by atoms with Crippen molar-refractivity contribution in [2.24, 2.45) is 7.05 Å². The molecule has 0 aliphatic carbocycles. The minimum absolute atomic E-state index is 0.118. The molecule has 0 saturated heterocycles. The number of hydrogen-bond acceptors (Lipinski definition) is 4. The Morgan fingerprint density at radius 1 is 1.07 bits per heavy atom. The Balaban J connectivity index is 1.58. The second-order valence-electron chi connectivity index (χ2n) is 5.85. The van der Waals surface area contributed by atoms with Crippen molar-refractivity contribution in [2.45, 2.75) is 12.7 Å². The molecule has 2 amide bonds. The summed E-state index contributed by atoms with van der Waals surface area (Å²) in [6.45, 7) is -0.118. The van der Waals surface area contributed by atoms with Crippen LogP contribution in [-0.4, -0.2) is 20.8 Å². The quantitative estimate of drug-likeness (QED) is 0.617. The summed E-state index contributed by atoms with van der Waals surface area (Å²) in [4.78, 5) is 16.3. The number of anilines is 3. The highest BCUT2D eigenvalue weighted by Crippen LogP contribution is 2.28. The van der Waals surface area contributed by atoms with Gasteiger partial charge in [0.1, 0.15) is 11.6 Å². The van der Waals surface area contributed by atoms with Crippen molar-refractivity contribution < 1.29 is 18.0 Å². The Labute approximate surface area is 158 Å². The molecular weight excluding hydrogens is 373 g/mol. The first-order valence-electron chi connectivity index (χ1n) is 8.25. The first-order valence-corrected chi connectivity index (χ1v) is 8.25. The molecule has 3 aromatic rings. The Kier molecular flexibility index (Phi) is 5.48. The fourth-order valence-electron chi connectivity index (χ4n) is 2.38. The van der Waals surface area contributed by atoms with Gasteiger partial charge in [0, 0.05) is 12.7 Å². The summed E-state index contributed by atoms with van der Waals surface area (Å²) in [5.74, 6) is 0.824. The van der Waals surface area contributed by atoms with E-state index in [0.29, 0.717) is 11.6 Å². The lowest BCUT2D eigenvalue weighted by molar-refractivity contribution is -0.141. The van der Waals surface area contributed by atoms with Gasteiger partial charge in [0.15, 0.2) is 5.69 Å². The third-order valence-electron chi connectivity index (χ3n) is 3.73. The number of para-hydroxylation sites is 1. The molecule has 0 spiro atoms. The summed E-state index contributed by atoms with van der Waals surface area (Å²) in [7, 11) is 1.38. The first-order chi connectivity index (χ1) is 13.3. The molecule has 0 aliphatic heterocycles. The van der Waals surface area contributed by atoms with Crippen molar-refractivity contribution in [1.82, 2.24) is 20.1 Å². The summed E-state index contributed by atoms with van der Waals surface area (Å²) >= 11 is 0. The Bertz CT molecular complexity index is 955. The molecule has 0 fully saturated rings. The van der Waals surface area contributed by atoms with Crippen molar-refractivity contribution in [3.8, 4) is 0 Å². The highest BCUT2D eigenvalue weighted by Gasteiger charge is 2.34. The van der Waals surface area contributed by atoms with Crippen LogP contribution in [0.1, 0.15) is 11.4 Å². The molecular formula is C18H17F3N6O. The maximum Gasteiger partial charge on any atom is 0.435 e. The molecule has 3 rings (SSSR count). The summed E-state index contributed by atoms with van der Waals surface area (Å²) in [5, 5.41) is 11.5. The zero-order chi connectivity index (χ0) is 20.1. The molecule has 146 valence electrons. The fourth-order valence-corrected chi connectivity index (χ4v) is 2.38. The number of pyridine rings is 1. The van der Waals surface area contributed by atoms with E-state index in [1.807, 2.05) is 30.3 Å². The van der Waals surface area contributed by atoms with Gasteiger partial charge in [0.05, 0.1) is 12.2 Å². The standard InChI is InChI=1S/C18H17F3N6O/c1-27-13(10-14(26-27)18(19,20)21)11-22-17(28)25-16-9-5-8-15(24-16)23-12-6-3-2-4-7-12/h2-10H,11H2,1H3,(H3,22,23,24,25,28). The number of nitrogens with one attached hydrogen (secondary N) is 3. The van der Waals surface area contributed by atoms with Crippen molar-refractivity contribution in [2.75, 3.05) is 10.6 Å². The number of urea groups is 1. The summed E-state index contributed by atoms with van der Waals surface area (Å²) in [6.07, 6.45) is -4.53. The topological polar surface area (TPSA) is 83.9 Å². The molecule has 0 radical (unpaired) electrons. The number of carbonyl (C=O) groups is 1. The number of alkyl halides is 3. The summed E-state index contributed by atoms with van der Waals surface area (Å²) in [6, 6.07) is 14.7. The predicted octanol–water partition coefficient (Wildman–Crippen LogP) is 3.90.